The van der Waals surface area contributed by atoms with Crippen molar-refractivity contribution in [2.24, 2.45) is 0 Å². The molecule has 0 amide bonds. The van der Waals surface area contributed by atoms with Crippen molar-refractivity contribution in [2.75, 3.05) is 20.8 Å². The van der Waals surface area contributed by atoms with Crippen molar-refractivity contribution in [2.45, 2.75) is 50.0 Å². The molecule has 1 heterocycles. The van der Waals surface area contributed by atoms with Gasteiger partial charge in [-0.15, -0.1) is 0 Å². The minimum atomic E-state index is -0.293. The zero-order valence-electron chi connectivity index (χ0n) is 13.1. The maximum absolute atomic E-state index is 13.2. The average Bonchev–Trinajstić information content (AvgIpc) is 2.88. The van der Waals surface area contributed by atoms with Gasteiger partial charge in [0.15, 0.2) is 0 Å². The van der Waals surface area contributed by atoms with Gasteiger partial charge in [-0.1, -0.05) is 17.7 Å². The van der Waals surface area contributed by atoms with Gasteiger partial charge in [0.25, 0.3) is 0 Å². The van der Waals surface area contributed by atoms with Crippen LogP contribution in [0.25, 0.3) is 0 Å². The first kappa shape index (κ1) is 16.2. The second-order valence-electron chi connectivity index (χ2n) is 6.37. The summed E-state index contributed by atoms with van der Waals surface area (Å²) in [6.07, 6.45) is 4.37. The Kier molecular flexibility index (Phi) is 4.74. The molecule has 1 saturated carbocycles. The highest BCUT2D eigenvalue weighted by atomic mass is 35.5. The molecular formula is C17H23ClFNO2. The van der Waals surface area contributed by atoms with Crippen LogP contribution in [0.4, 0.5) is 4.39 Å². The van der Waals surface area contributed by atoms with E-state index in [1.807, 2.05) is 7.11 Å². The van der Waals surface area contributed by atoms with Crippen LogP contribution in [0.2, 0.25) is 5.02 Å². The van der Waals surface area contributed by atoms with Gasteiger partial charge < -0.3 is 9.47 Å². The Labute approximate surface area is 136 Å². The molecule has 1 saturated heterocycles. The van der Waals surface area contributed by atoms with Crippen LogP contribution in [0, 0.1) is 5.82 Å². The molecule has 0 aromatic heterocycles. The summed E-state index contributed by atoms with van der Waals surface area (Å²) in [5, 5.41) is 0.494. The van der Waals surface area contributed by atoms with E-state index in [0.29, 0.717) is 11.1 Å². The van der Waals surface area contributed by atoms with Crippen molar-refractivity contribution in [1.82, 2.24) is 4.90 Å². The van der Waals surface area contributed by atoms with Gasteiger partial charge in [-0.25, -0.2) is 4.39 Å². The third kappa shape index (κ3) is 2.90. The van der Waals surface area contributed by atoms with Gasteiger partial charge in [0, 0.05) is 38.4 Å². The lowest BCUT2D eigenvalue weighted by atomic mass is 9.79. The molecule has 1 aromatic carbocycles. The van der Waals surface area contributed by atoms with Crippen LogP contribution in [0.3, 0.4) is 0 Å². The first-order chi connectivity index (χ1) is 10.6. The zero-order chi connectivity index (χ0) is 15.7. The van der Waals surface area contributed by atoms with Gasteiger partial charge in [-0.05, 0) is 43.4 Å². The van der Waals surface area contributed by atoms with Crippen LogP contribution in [-0.4, -0.2) is 43.4 Å². The second kappa shape index (κ2) is 6.44. The standard InChI is InChI=1S/C17H23ClFNO2/c1-21-14-5-6-17(22-2)7-8-20(16(17)10-14)11-12-3-4-13(19)9-15(12)18/h3-4,9,14,16H,5-8,10-11H2,1-2H3/t14-,16-,17+/m0/s1. The molecular weight excluding hydrogens is 305 g/mol. The third-order valence-corrected chi connectivity index (χ3v) is 5.73. The highest BCUT2D eigenvalue weighted by Crippen LogP contribution is 2.43. The van der Waals surface area contributed by atoms with Gasteiger partial charge in [0.2, 0.25) is 0 Å². The van der Waals surface area contributed by atoms with E-state index in [9.17, 15) is 4.39 Å². The fourth-order valence-corrected chi connectivity index (χ4v) is 4.25. The number of nitrogens with zero attached hydrogens (tertiary/aromatic N) is 1. The van der Waals surface area contributed by atoms with Crippen molar-refractivity contribution in [3.63, 3.8) is 0 Å². The Bertz CT molecular complexity index is 541. The molecule has 2 fully saturated rings. The zero-order valence-corrected chi connectivity index (χ0v) is 13.9. The summed E-state index contributed by atoms with van der Waals surface area (Å²) >= 11 is 6.19. The lowest BCUT2D eigenvalue weighted by Crippen LogP contribution is -2.51. The maximum Gasteiger partial charge on any atom is 0.124 e. The molecule has 1 aromatic rings. The fourth-order valence-electron chi connectivity index (χ4n) is 4.03. The van der Waals surface area contributed by atoms with Crippen molar-refractivity contribution in [1.29, 1.82) is 0 Å². The summed E-state index contributed by atoms with van der Waals surface area (Å²) < 4.78 is 24.7. The van der Waals surface area contributed by atoms with Crippen molar-refractivity contribution in [3.8, 4) is 0 Å². The topological polar surface area (TPSA) is 21.7 Å². The van der Waals surface area contributed by atoms with E-state index in [-0.39, 0.29) is 17.5 Å². The molecule has 0 unspecified atom stereocenters. The molecule has 2 aliphatic rings. The van der Waals surface area contributed by atoms with Gasteiger partial charge in [0.1, 0.15) is 5.82 Å². The number of hydrogen-bond donors (Lipinski definition) is 0. The Morgan fingerprint density at radius 1 is 1.36 bits per heavy atom. The largest absolute Gasteiger partial charge is 0.381 e. The van der Waals surface area contributed by atoms with Crippen molar-refractivity contribution < 1.29 is 13.9 Å². The number of fused-ring (bicyclic) bond motifs is 1. The molecule has 0 bridgehead atoms. The minimum Gasteiger partial charge on any atom is -0.381 e. The van der Waals surface area contributed by atoms with E-state index in [2.05, 4.69) is 4.90 Å². The minimum absolute atomic E-state index is 0.0679. The Morgan fingerprint density at radius 2 is 2.18 bits per heavy atom. The fraction of sp³-hybridized carbons (Fsp3) is 0.647. The number of rotatable bonds is 4. The predicted octanol–water partition coefficient (Wildman–Crippen LogP) is 3.64. The Balaban J connectivity index is 1.79. The smallest absolute Gasteiger partial charge is 0.124 e. The van der Waals surface area contributed by atoms with Crippen LogP contribution < -0.4 is 0 Å². The molecule has 22 heavy (non-hydrogen) atoms. The van der Waals surface area contributed by atoms with Gasteiger partial charge >= 0.3 is 0 Å². The van der Waals surface area contributed by atoms with Crippen LogP contribution in [-0.2, 0) is 16.0 Å². The maximum atomic E-state index is 13.2. The summed E-state index contributed by atoms with van der Waals surface area (Å²) in [5.74, 6) is -0.293. The molecule has 0 N–H and O–H groups in total. The van der Waals surface area contributed by atoms with E-state index in [1.165, 1.54) is 12.1 Å². The molecule has 122 valence electrons. The molecule has 3 rings (SSSR count). The highest BCUT2D eigenvalue weighted by molar-refractivity contribution is 6.31. The first-order valence-electron chi connectivity index (χ1n) is 7.84. The monoisotopic (exact) mass is 327 g/mol. The quantitative estimate of drug-likeness (QED) is 0.842. The van der Waals surface area contributed by atoms with E-state index >= 15 is 0 Å². The lowest BCUT2D eigenvalue weighted by Gasteiger charge is -2.43. The van der Waals surface area contributed by atoms with Gasteiger partial charge in [-0.2, -0.15) is 0 Å². The number of methoxy groups -OCH3 is 2. The first-order valence-corrected chi connectivity index (χ1v) is 8.22. The Morgan fingerprint density at radius 3 is 2.86 bits per heavy atom. The number of benzene rings is 1. The van der Waals surface area contributed by atoms with Gasteiger partial charge in [0.05, 0.1) is 11.7 Å². The number of hydrogen-bond acceptors (Lipinski definition) is 3. The van der Waals surface area contributed by atoms with Crippen molar-refractivity contribution >= 4 is 11.6 Å². The van der Waals surface area contributed by atoms with E-state index in [0.717, 1.165) is 44.3 Å². The van der Waals surface area contributed by atoms with Crippen LogP contribution >= 0.6 is 11.6 Å². The lowest BCUT2D eigenvalue weighted by molar-refractivity contribution is -0.0947. The van der Waals surface area contributed by atoms with Crippen LogP contribution in [0.1, 0.15) is 31.2 Å². The van der Waals surface area contributed by atoms with Crippen LogP contribution in [0.5, 0.6) is 0 Å². The summed E-state index contributed by atoms with van der Waals surface area (Å²) in [6.45, 7) is 1.70. The summed E-state index contributed by atoms with van der Waals surface area (Å²) in [4.78, 5) is 2.41. The predicted molar refractivity (Wildman–Crippen MR) is 84.6 cm³/mol. The highest BCUT2D eigenvalue weighted by Gasteiger charge is 2.51. The van der Waals surface area contributed by atoms with E-state index in [1.54, 1.807) is 13.2 Å². The number of ether oxygens (including phenoxy) is 2. The number of halogens is 2. The molecule has 5 heteroatoms. The Hall–Kier alpha value is -0.680. The normalized spacial score (nSPS) is 32.2. The van der Waals surface area contributed by atoms with Crippen LogP contribution in [0.15, 0.2) is 18.2 Å². The summed E-state index contributed by atoms with van der Waals surface area (Å²) in [6, 6.07) is 4.97. The van der Waals surface area contributed by atoms with Gasteiger partial charge in [-0.3, -0.25) is 4.90 Å². The molecule has 3 atom stereocenters. The second-order valence-corrected chi connectivity index (χ2v) is 6.78. The average molecular weight is 328 g/mol. The summed E-state index contributed by atoms with van der Waals surface area (Å²) in [5.41, 5.74) is 0.899. The van der Waals surface area contributed by atoms with E-state index in [4.69, 9.17) is 21.1 Å². The molecule has 0 radical (unpaired) electrons. The third-order valence-electron chi connectivity index (χ3n) is 5.37. The molecule has 0 spiro atoms. The SMILES string of the molecule is CO[C@H]1CC[C@@]2(OC)CCN(Cc3ccc(F)cc3Cl)[C@H]2C1. The molecule has 1 aliphatic heterocycles. The summed E-state index contributed by atoms with van der Waals surface area (Å²) in [7, 11) is 3.59. The molecule has 3 nitrogen and oxygen atoms in total. The van der Waals surface area contributed by atoms with Crippen molar-refractivity contribution in [3.05, 3.63) is 34.6 Å². The molecule has 1 aliphatic carbocycles. The van der Waals surface area contributed by atoms with E-state index < -0.39 is 0 Å². The number of likely N-dealkylation sites (tertiary alicyclic amines) is 1.